The Morgan fingerprint density at radius 2 is 2.21 bits per heavy atom. The van der Waals surface area contributed by atoms with Gasteiger partial charge in [0.2, 0.25) is 5.91 Å². The molecule has 0 aromatic heterocycles. The second kappa shape index (κ2) is 6.43. The highest BCUT2D eigenvalue weighted by molar-refractivity contribution is 6.00. The van der Waals surface area contributed by atoms with Gasteiger partial charge in [0.05, 0.1) is 17.8 Å². The van der Waals surface area contributed by atoms with Crippen molar-refractivity contribution in [1.29, 1.82) is 0 Å². The Morgan fingerprint density at radius 1 is 1.37 bits per heavy atom. The molecule has 0 spiro atoms. The lowest BCUT2D eigenvalue weighted by Gasteiger charge is -2.11. The zero-order valence-corrected chi connectivity index (χ0v) is 11.3. The molecule has 0 saturated heterocycles. The van der Waals surface area contributed by atoms with Gasteiger partial charge in [-0.1, -0.05) is 0 Å². The maximum Gasteiger partial charge on any atom is 0.228 e. The summed E-state index contributed by atoms with van der Waals surface area (Å²) in [6, 6.07) is 3.80. The molecule has 19 heavy (non-hydrogen) atoms. The van der Waals surface area contributed by atoms with Crippen molar-refractivity contribution in [3.63, 3.8) is 0 Å². The summed E-state index contributed by atoms with van der Waals surface area (Å²) in [4.78, 5) is 11.3. The van der Waals surface area contributed by atoms with E-state index in [0.29, 0.717) is 12.1 Å². The van der Waals surface area contributed by atoms with E-state index in [1.54, 1.807) is 7.11 Å². The van der Waals surface area contributed by atoms with Crippen molar-refractivity contribution >= 4 is 23.0 Å². The van der Waals surface area contributed by atoms with E-state index >= 15 is 0 Å². The van der Waals surface area contributed by atoms with Gasteiger partial charge in [-0.15, -0.1) is 0 Å². The summed E-state index contributed by atoms with van der Waals surface area (Å²) in [5, 5.41) is 6.15. The lowest BCUT2D eigenvalue weighted by molar-refractivity contribution is -0.115. The number of carbonyl (C=O) groups is 1. The average Bonchev–Trinajstić information content (AvgIpc) is 2.72. The third-order valence-electron chi connectivity index (χ3n) is 3.24. The van der Waals surface area contributed by atoms with E-state index in [1.807, 2.05) is 12.1 Å². The molecule has 0 radical (unpaired) electrons. The second-order valence-electron chi connectivity index (χ2n) is 4.80. The zero-order valence-electron chi connectivity index (χ0n) is 11.3. The molecule has 0 saturated carbocycles. The second-order valence-corrected chi connectivity index (χ2v) is 4.80. The standard InChI is InChI=1S/C14H21N3O2/c1-19-6-4-2-3-5-16-13-9-12-10(7-11(13)15)8-14(18)17-12/h7,9,16H,2-6,8,15H2,1H3,(H,17,18). The van der Waals surface area contributed by atoms with Crippen LogP contribution in [0.15, 0.2) is 12.1 Å². The number of anilines is 3. The first kappa shape index (κ1) is 13.7. The summed E-state index contributed by atoms with van der Waals surface area (Å²) in [5.41, 5.74) is 9.43. The number of benzene rings is 1. The summed E-state index contributed by atoms with van der Waals surface area (Å²) in [6.07, 6.45) is 3.71. The fraction of sp³-hybridized carbons (Fsp3) is 0.500. The number of fused-ring (bicyclic) bond motifs is 1. The number of nitrogens with two attached hydrogens (primary N) is 1. The van der Waals surface area contributed by atoms with Crippen molar-refractivity contribution in [1.82, 2.24) is 0 Å². The Hall–Kier alpha value is -1.75. The molecule has 0 fully saturated rings. The molecule has 4 N–H and O–H groups in total. The Bertz CT molecular complexity index is 460. The van der Waals surface area contributed by atoms with Gasteiger partial charge in [-0.05, 0) is 37.0 Å². The van der Waals surface area contributed by atoms with Gasteiger partial charge in [0.1, 0.15) is 0 Å². The summed E-state index contributed by atoms with van der Waals surface area (Å²) in [6.45, 7) is 1.69. The van der Waals surface area contributed by atoms with Crippen molar-refractivity contribution in [3.8, 4) is 0 Å². The molecule has 2 rings (SSSR count). The molecule has 1 aliphatic rings. The fourth-order valence-corrected chi connectivity index (χ4v) is 2.22. The maximum atomic E-state index is 11.3. The van der Waals surface area contributed by atoms with E-state index in [2.05, 4.69) is 10.6 Å². The molecule has 1 aromatic carbocycles. The number of hydrogen-bond acceptors (Lipinski definition) is 4. The number of methoxy groups -OCH3 is 1. The Labute approximate surface area is 113 Å². The van der Waals surface area contributed by atoms with Gasteiger partial charge < -0.3 is 21.1 Å². The number of unbranched alkanes of at least 4 members (excludes halogenated alkanes) is 2. The van der Waals surface area contributed by atoms with E-state index in [0.717, 1.165) is 49.4 Å². The minimum Gasteiger partial charge on any atom is -0.397 e. The molecule has 0 aliphatic carbocycles. The first-order valence-corrected chi connectivity index (χ1v) is 6.66. The number of nitrogen functional groups attached to an aromatic ring is 1. The Balaban J connectivity index is 1.84. The number of rotatable bonds is 7. The quantitative estimate of drug-likeness (QED) is 0.519. The van der Waals surface area contributed by atoms with E-state index in [1.165, 1.54) is 0 Å². The average molecular weight is 263 g/mol. The predicted octanol–water partition coefficient (Wildman–Crippen LogP) is 1.99. The van der Waals surface area contributed by atoms with Gasteiger partial charge in [-0.3, -0.25) is 4.79 Å². The molecular formula is C14H21N3O2. The molecular weight excluding hydrogens is 242 g/mol. The van der Waals surface area contributed by atoms with Crippen molar-refractivity contribution < 1.29 is 9.53 Å². The fourth-order valence-electron chi connectivity index (χ4n) is 2.22. The van der Waals surface area contributed by atoms with Gasteiger partial charge in [0, 0.05) is 25.9 Å². The minimum absolute atomic E-state index is 0.0334. The van der Waals surface area contributed by atoms with Crippen LogP contribution in [0.25, 0.3) is 0 Å². The molecule has 0 bridgehead atoms. The van der Waals surface area contributed by atoms with Crippen LogP contribution >= 0.6 is 0 Å². The van der Waals surface area contributed by atoms with Crippen LogP contribution in [0.1, 0.15) is 24.8 Å². The van der Waals surface area contributed by atoms with Crippen molar-refractivity contribution in [2.75, 3.05) is 36.6 Å². The first-order chi connectivity index (χ1) is 9.20. The van der Waals surface area contributed by atoms with Crippen LogP contribution in [-0.4, -0.2) is 26.2 Å². The van der Waals surface area contributed by atoms with E-state index in [4.69, 9.17) is 10.5 Å². The smallest absolute Gasteiger partial charge is 0.228 e. The van der Waals surface area contributed by atoms with Crippen LogP contribution in [0.3, 0.4) is 0 Å². The predicted molar refractivity (Wildman–Crippen MR) is 77.4 cm³/mol. The van der Waals surface area contributed by atoms with Crippen LogP contribution in [0, 0.1) is 0 Å². The summed E-state index contributed by atoms with van der Waals surface area (Å²) < 4.78 is 5.01. The topological polar surface area (TPSA) is 76.4 Å². The van der Waals surface area contributed by atoms with Crippen molar-refractivity contribution in [2.24, 2.45) is 0 Å². The summed E-state index contributed by atoms with van der Waals surface area (Å²) >= 11 is 0. The van der Waals surface area contributed by atoms with E-state index < -0.39 is 0 Å². The lowest BCUT2D eigenvalue weighted by Crippen LogP contribution is -2.06. The van der Waals surface area contributed by atoms with Gasteiger partial charge >= 0.3 is 0 Å². The summed E-state index contributed by atoms with van der Waals surface area (Å²) in [7, 11) is 1.72. The third-order valence-corrected chi connectivity index (χ3v) is 3.24. The van der Waals surface area contributed by atoms with Gasteiger partial charge in [0.15, 0.2) is 0 Å². The monoisotopic (exact) mass is 263 g/mol. The molecule has 5 heteroatoms. The molecule has 1 aliphatic heterocycles. The van der Waals surface area contributed by atoms with Crippen LogP contribution < -0.4 is 16.4 Å². The Morgan fingerprint density at radius 3 is 3.00 bits per heavy atom. The first-order valence-electron chi connectivity index (χ1n) is 6.66. The Kier molecular flexibility index (Phi) is 4.63. The normalized spacial score (nSPS) is 13.2. The van der Waals surface area contributed by atoms with Crippen molar-refractivity contribution in [3.05, 3.63) is 17.7 Å². The maximum absolute atomic E-state index is 11.3. The minimum atomic E-state index is 0.0334. The SMILES string of the molecule is COCCCCCNc1cc2c(cc1N)CC(=O)N2. The molecule has 104 valence electrons. The van der Waals surface area contributed by atoms with Crippen LogP contribution in [0.2, 0.25) is 0 Å². The third kappa shape index (κ3) is 3.61. The highest BCUT2D eigenvalue weighted by Crippen LogP contribution is 2.31. The molecule has 1 amide bonds. The number of carbonyl (C=O) groups excluding carboxylic acids is 1. The zero-order chi connectivity index (χ0) is 13.7. The molecule has 1 heterocycles. The molecule has 0 unspecified atom stereocenters. The highest BCUT2D eigenvalue weighted by atomic mass is 16.5. The number of ether oxygens (including phenoxy) is 1. The van der Waals surface area contributed by atoms with E-state index in [-0.39, 0.29) is 5.91 Å². The number of hydrogen-bond donors (Lipinski definition) is 3. The largest absolute Gasteiger partial charge is 0.397 e. The van der Waals surface area contributed by atoms with Crippen molar-refractivity contribution in [2.45, 2.75) is 25.7 Å². The molecule has 5 nitrogen and oxygen atoms in total. The van der Waals surface area contributed by atoms with E-state index in [9.17, 15) is 4.79 Å². The molecule has 0 atom stereocenters. The lowest BCUT2D eigenvalue weighted by atomic mass is 10.1. The summed E-state index contributed by atoms with van der Waals surface area (Å²) in [5.74, 6) is 0.0334. The van der Waals surface area contributed by atoms with Gasteiger partial charge in [0.25, 0.3) is 0 Å². The van der Waals surface area contributed by atoms with Crippen LogP contribution in [0.5, 0.6) is 0 Å². The molecule has 1 aromatic rings. The highest BCUT2D eigenvalue weighted by Gasteiger charge is 2.18. The number of amides is 1. The van der Waals surface area contributed by atoms with Gasteiger partial charge in [-0.25, -0.2) is 0 Å². The van der Waals surface area contributed by atoms with Crippen LogP contribution in [-0.2, 0) is 16.0 Å². The number of nitrogens with one attached hydrogen (secondary N) is 2. The van der Waals surface area contributed by atoms with Crippen LogP contribution in [0.4, 0.5) is 17.1 Å². The van der Waals surface area contributed by atoms with Gasteiger partial charge in [-0.2, -0.15) is 0 Å².